The van der Waals surface area contributed by atoms with Gasteiger partial charge in [-0.05, 0) is 0 Å². The zero-order valence-electron chi connectivity index (χ0n) is 8.44. The standard InChI is InChI=1S/C4H11NO.C2H7O4P/c1-5(2)3-4-6;1-5-7(3,4)6-2/h6H,3-4H2,1-2H3;1-2H3,(H,3,4). The SMILES string of the molecule is COP(=O)([O-])OC.C[NH+](C)CCO. The summed E-state index contributed by atoms with van der Waals surface area (Å²) in [5.74, 6) is 0. The molecule has 0 fully saturated rings. The number of nitrogens with one attached hydrogen (secondary N) is 1. The fraction of sp³-hybridized carbons (Fsp3) is 1.00. The Morgan fingerprint density at radius 1 is 1.38 bits per heavy atom. The van der Waals surface area contributed by atoms with Crippen LogP contribution in [0.25, 0.3) is 0 Å². The Morgan fingerprint density at radius 3 is 1.77 bits per heavy atom. The molecule has 6 nitrogen and oxygen atoms in total. The highest BCUT2D eigenvalue weighted by Crippen LogP contribution is 2.34. The molecule has 82 valence electrons. The van der Waals surface area contributed by atoms with E-state index in [1.165, 1.54) is 4.90 Å². The Labute approximate surface area is 78.7 Å². The molecule has 0 saturated heterocycles. The lowest BCUT2D eigenvalue weighted by molar-refractivity contribution is -0.858. The maximum absolute atomic E-state index is 9.95. The smallest absolute Gasteiger partial charge is 0.267 e. The summed E-state index contributed by atoms with van der Waals surface area (Å²) in [5.41, 5.74) is 0. The van der Waals surface area contributed by atoms with Crippen LogP contribution in [0.4, 0.5) is 0 Å². The Morgan fingerprint density at radius 2 is 1.77 bits per heavy atom. The number of hydrogen-bond donors (Lipinski definition) is 2. The van der Waals surface area contributed by atoms with Gasteiger partial charge in [0.1, 0.15) is 6.54 Å². The van der Waals surface area contributed by atoms with Crippen LogP contribution in [-0.2, 0) is 13.6 Å². The van der Waals surface area contributed by atoms with E-state index in [9.17, 15) is 9.46 Å². The molecule has 0 aliphatic carbocycles. The van der Waals surface area contributed by atoms with Gasteiger partial charge in [0, 0.05) is 14.2 Å². The van der Waals surface area contributed by atoms with Gasteiger partial charge in [-0.15, -0.1) is 0 Å². The van der Waals surface area contributed by atoms with Crippen LogP contribution in [0.3, 0.4) is 0 Å². The fourth-order valence-electron chi connectivity index (χ4n) is 0.298. The molecule has 0 radical (unpaired) electrons. The molecule has 0 rings (SSSR count). The normalized spacial score (nSPS) is 11.0. The van der Waals surface area contributed by atoms with Crippen molar-refractivity contribution < 1.29 is 28.5 Å². The van der Waals surface area contributed by atoms with E-state index in [0.29, 0.717) is 6.61 Å². The van der Waals surface area contributed by atoms with Crippen molar-refractivity contribution in [1.82, 2.24) is 0 Å². The van der Waals surface area contributed by atoms with E-state index in [4.69, 9.17) is 5.11 Å². The summed E-state index contributed by atoms with van der Waals surface area (Å²) in [6, 6.07) is 0. The van der Waals surface area contributed by atoms with Gasteiger partial charge in [0.2, 0.25) is 0 Å². The van der Waals surface area contributed by atoms with E-state index >= 15 is 0 Å². The van der Waals surface area contributed by atoms with Crippen molar-refractivity contribution in [2.75, 3.05) is 41.5 Å². The van der Waals surface area contributed by atoms with Crippen LogP contribution >= 0.6 is 7.82 Å². The van der Waals surface area contributed by atoms with Crippen molar-refractivity contribution >= 4 is 7.82 Å². The molecule has 7 heteroatoms. The predicted molar refractivity (Wildman–Crippen MR) is 46.4 cm³/mol. The van der Waals surface area contributed by atoms with Crippen LogP contribution in [0, 0.1) is 0 Å². The number of likely N-dealkylation sites (N-methyl/N-ethyl adjacent to an activating group) is 1. The molecule has 0 spiro atoms. The summed E-state index contributed by atoms with van der Waals surface area (Å²) in [6.07, 6.45) is 0. The quantitative estimate of drug-likeness (QED) is 0.523. The third-order valence-corrected chi connectivity index (χ3v) is 1.95. The van der Waals surface area contributed by atoms with Gasteiger partial charge in [-0.25, -0.2) is 0 Å². The van der Waals surface area contributed by atoms with Crippen LogP contribution in [-0.4, -0.2) is 46.6 Å². The predicted octanol–water partition coefficient (Wildman–Crippen LogP) is -2.13. The third kappa shape index (κ3) is 14.8. The molecule has 0 aromatic rings. The summed E-state index contributed by atoms with van der Waals surface area (Å²) < 4.78 is 17.7. The molecule has 0 aromatic carbocycles. The molecule has 0 aliphatic heterocycles. The third-order valence-electron chi connectivity index (χ3n) is 1.06. The lowest BCUT2D eigenvalue weighted by Gasteiger charge is -2.16. The second kappa shape index (κ2) is 8.62. The number of phosphoric ester groups is 1. The second-order valence-corrected chi connectivity index (χ2v) is 4.12. The lowest BCUT2D eigenvalue weighted by atomic mass is 10.6. The number of quaternary nitrogens is 1. The summed E-state index contributed by atoms with van der Waals surface area (Å²) >= 11 is 0. The molecule has 0 heterocycles. The van der Waals surface area contributed by atoms with E-state index in [1.807, 2.05) is 14.1 Å². The van der Waals surface area contributed by atoms with E-state index in [1.54, 1.807) is 0 Å². The van der Waals surface area contributed by atoms with Gasteiger partial charge in [-0.3, -0.25) is 4.57 Å². The molecule has 0 aliphatic rings. The van der Waals surface area contributed by atoms with Crippen molar-refractivity contribution in [3.05, 3.63) is 0 Å². The lowest BCUT2D eigenvalue weighted by Crippen LogP contribution is -3.06. The first kappa shape index (κ1) is 15.5. The van der Waals surface area contributed by atoms with Gasteiger partial charge >= 0.3 is 0 Å². The first-order valence-corrected chi connectivity index (χ1v) is 5.18. The molecule has 0 saturated carbocycles. The van der Waals surface area contributed by atoms with Crippen LogP contribution in [0.2, 0.25) is 0 Å². The molecule has 0 amide bonds. The number of hydrogen-bond acceptors (Lipinski definition) is 5. The minimum Gasteiger partial charge on any atom is -0.756 e. The van der Waals surface area contributed by atoms with E-state index < -0.39 is 7.82 Å². The number of rotatable bonds is 4. The van der Waals surface area contributed by atoms with Crippen LogP contribution < -0.4 is 9.79 Å². The molecule has 0 unspecified atom stereocenters. The number of phosphoric acid groups is 1. The molecular weight excluding hydrogens is 197 g/mol. The maximum Gasteiger partial charge on any atom is 0.267 e. The van der Waals surface area contributed by atoms with Crippen LogP contribution in [0.15, 0.2) is 0 Å². The zero-order valence-corrected chi connectivity index (χ0v) is 9.34. The van der Waals surface area contributed by atoms with Crippen molar-refractivity contribution in [1.29, 1.82) is 0 Å². The molecule has 0 bridgehead atoms. The van der Waals surface area contributed by atoms with E-state index in [-0.39, 0.29) is 0 Å². The number of aliphatic hydroxyl groups excluding tert-OH is 1. The molecule has 0 atom stereocenters. The Hall–Kier alpha value is 0.0300. The van der Waals surface area contributed by atoms with Gasteiger partial charge in [-0.2, -0.15) is 0 Å². The first-order chi connectivity index (χ1) is 5.89. The molecule has 13 heavy (non-hydrogen) atoms. The maximum atomic E-state index is 9.95. The van der Waals surface area contributed by atoms with Gasteiger partial charge in [-0.1, -0.05) is 0 Å². The van der Waals surface area contributed by atoms with E-state index in [2.05, 4.69) is 9.05 Å². The first-order valence-electron chi connectivity index (χ1n) is 3.72. The van der Waals surface area contributed by atoms with Gasteiger partial charge in [0.15, 0.2) is 0 Å². The van der Waals surface area contributed by atoms with Gasteiger partial charge in [0.05, 0.1) is 20.7 Å². The minimum atomic E-state index is -3.90. The van der Waals surface area contributed by atoms with Gasteiger partial charge < -0.3 is 23.9 Å². The van der Waals surface area contributed by atoms with Crippen LogP contribution in [0.5, 0.6) is 0 Å². The highest BCUT2D eigenvalue weighted by Gasteiger charge is 1.98. The topological polar surface area (TPSA) is 83.3 Å². The average Bonchev–Trinajstić information content (AvgIpc) is 2.05. The molecule has 2 N–H and O–H groups in total. The van der Waals surface area contributed by atoms with Gasteiger partial charge in [0.25, 0.3) is 7.82 Å². The fourth-order valence-corrected chi connectivity index (χ4v) is 0.447. The summed E-state index contributed by atoms with van der Waals surface area (Å²) in [7, 11) is 2.19. The summed E-state index contributed by atoms with van der Waals surface area (Å²) in [5, 5.41) is 8.22. The summed E-state index contributed by atoms with van der Waals surface area (Å²) in [4.78, 5) is 11.2. The largest absolute Gasteiger partial charge is 0.756 e. The van der Waals surface area contributed by atoms with Crippen molar-refractivity contribution in [2.24, 2.45) is 0 Å². The summed E-state index contributed by atoms with van der Waals surface area (Å²) in [6.45, 7) is 1.14. The average molecular weight is 215 g/mol. The zero-order chi connectivity index (χ0) is 10.9. The van der Waals surface area contributed by atoms with E-state index in [0.717, 1.165) is 20.8 Å². The number of aliphatic hydroxyl groups is 1. The van der Waals surface area contributed by atoms with Crippen LogP contribution in [0.1, 0.15) is 0 Å². The van der Waals surface area contributed by atoms with Crippen molar-refractivity contribution in [2.45, 2.75) is 0 Å². The Balaban J connectivity index is 0. The van der Waals surface area contributed by atoms with Crippen molar-refractivity contribution in [3.8, 4) is 0 Å². The minimum absolute atomic E-state index is 0.294. The second-order valence-electron chi connectivity index (χ2n) is 2.49. The molecule has 0 aromatic heterocycles. The Kier molecular flexibility index (Phi) is 10.3. The molecular formula is C6H18NO5P. The van der Waals surface area contributed by atoms with Crippen molar-refractivity contribution in [3.63, 3.8) is 0 Å². The monoisotopic (exact) mass is 215 g/mol. The highest BCUT2D eigenvalue weighted by molar-refractivity contribution is 7.45. The highest BCUT2D eigenvalue weighted by atomic mass is 31.2. The Bertz CT molecular complexity index is 144.